The van der Waals surface area contributed by atoms with Crippen molar-refractivity contribution >= 4 is 27.5 Å². The number of phenolic OH excluding ortho intramolecular Hbond substituents is 1. The molecule has 2 rings (SSSR count). The Labute approximate surface area is 132 Å². The molecule has 2 nitrogen and oxygen atoms in total. The Morgan fingerprint density at radius 3 is 2.65 bits per heavy atom. The average molecular weight is 356 g/mol. The molecule has 0 spiro atoms. The third-order valence-electron chi connectivity index (χ3n) is 2.98. The molecular weight excluding hydrogens is 340 g/mol. The molecule has 0 aliphatic carbocycles. The molecule has 0 aliphatic rings. The Balaban J connectivity index is 1.73. The summed E-state index contributed by atoms with van der Waals surface area (Å²) in [7, 11) is 0. The van der Waals surface area contributed by atoms with Gasteiger partial charge in [0, 0.05) is 4.47 Å². The third-order valence-corrected chi connectivity index (χ3v) is 3.79. The van der Waals surface area contributed by atoms with Crippen molar-refractivity contribution in [1.29, 1.82) is 0 Å². The quantitative estimate of drug-likeness (QED) is 0.721. The van der Waals surface area contributed by atoms with Gasteiger partial charge in [-0.05, 0) is 49.1 Å². The van der Waals surface area contributed by atoms with E-state index < -0.39 is 0 Å². The van der Waals surface area contributed by atoms with E-state index in [1.165, 1.54) is 0 Å². The fraction of sp³-hybridized carbons (Fsp3) is 0.250. The Morgan fingerprint density at radius 2 is 1.90 bits per heavy atom. The highest BCUT2D eigenvalue weighted by Crippen LogP contribution is 2.25. The second-order valence-corrected chi connectivity index (χ2v) is 5.83. The van der Waals surface area contributed by atoms with Gasteiger partial charge in [-0.3, -0.25) is 0 Å². The molecule has 4 heteroatoms. The summed E-state index contributed by atoms with van der Waals surface area (Å²) in [4.78, 5) is 0. The van der Waals surface area contributed by atoms with E-state index >= 15 is 0 Å². The number of halogens is 2. The number of aromatic hydroxyl groups is 1. The zero-order valence-corrected chi connectivity index (χ0v) is 13.3. The maximum atomic E-state index is 9.78. The first kappa shape index (κ1) is 15.2. The maximum Gasteiger partial charge on any atom is 0.137 e. The first-order chi connectivity index (χ1) is 9.66. The van der Waals surface area contributed by atoms with Gasteiger partial charge in [0.25, 0.3) is 0 Å². The number of benzene rings is 2. The standard InChI is InChI=1S/C16H16BrClO2/c17-13-9-8-12(15(19)11-13)5-3-4-10-20-16-7-2-1-6-14(16)18/h1-2,6-9,11,19H,3-5,10H2. The minimum Gasteiger partial charge on any atom is -0.508 e. The summed E-state index contributed by atoms with van der Waals surface area (Å²) in [5.74, 6) is 1.06. The minimum absolute atomic E-state index is 0.339. The molecule has 1 N–H and O–H groups in total. The molecule has 0 amide bonds. The van der Waals surface area contributed by atoms with Crippen LogP contribution < -0.4 is 4.74 Å². The number of unbranched alkanes of at least 4 members (excludes halogenated alkanes) is 1. The van der Waals surface area contributed by atoms with E-state index in [4.69, 9.17) is 16.3 Å². The van der Waals surface area contributed by atoms with Gasteiger partial charge in [0.2, 0.25) is 0 Å². The SMILES string of the molecule is Oc1cc(Br)ccc1CCCCOc1ccccc1Cl. The van der Waals surface area contributed by atoms with Crippen LogP contribution in [0.15, 0.2) is 46.9 Å². The summed E-state index contributed by atoms with van der Waals surface area (Å²) in [6.45, 7) is 0.626. The summed E-state index contributed by atoms with van der Waals surface area (Å²) in [5.41, 5.74) is 0.964. The molecule has 2 aromatic carbocycles. The van der Waals surface area contributed by atoms with Gasteiger partial charge in [-0.15, -0.1) is 0 Å². The van der Waals surface area contributed by atoms with Gasteiger partial charge in [-0.25, -0.2) is 0 Å². The van der Waals surface area contributed by atoms with E-state index in [0.29, 0.717) is 17.4 Å². The lowest BCUT2D eigenvalue weighted by Gasteiger charge is -2.08. The van der Waals surface area contributed by atoms with Gasteiger partial charge in [0.1, 0.15) is 11.5 Å². The number of rotatable bonds is 6. The van der Waals surface area contributed by atoms with Crippen molar-refractivity contribution in [3.05, 3.63) is 57.5 Å². The van der Waals surface area contributed by atoms with Crippen LogP contribution >= 0.6 is 27.5 Å². The van der Waals surface area contributed by atoms with E-state index in [1.54, 1.807) is 6.07 Å². The molecule has 106 valence electrons. The topological polar surface area (TPSA) is 29.5 Å². The van der Waals surface area contributed by atoms with Crippen LogP contribution in [0.3, 0.4) is 0 Å². The average Bonchev–Trinajstić information content (AvgIpc) is 2.42. The molecular formula is C16H16BrClO2. The van der Waals surface area contributed by atoms with Crippen LogP contribution in [0.1, 0.15) is 18.4 Å². The highest BCUT2D eigenvalue weighted by molar-refractivity contribution is 9.10. The van der Waals surface area contributed by atoms with Crippen LogP contribution in [0.5, 0.6) is 11.5 Å². The summed E-state index contributed by atoms with van der Waals surface area (Å²) >= 11 is 9.34. The van der Waals surface area contributed by atoms with Crippen molar-refractivity contribution in [2.24, 2.45) is 0 Å². The fourth-order valence-corrected chi connectivity index (χ4v) is 2.45. The zero-order valence-electron chi connectivity index (χ0n) is 11.0. The van der Waals surface area contributed by atoms with Crippen molar-refractivity contribution in [2.45, 2.75) is 19.3 Å². The van der Waals surface area contributed by atoms with E-state index in [9.17, 15) is 5.11 Å². The summed E-state index contributed by atoms with van der Waals surface area (Å²) in [5, 5.41) is 10.4. The van der Waals surface area contributed by atoms with E-state index in [2.05, 4.69) is 15.9 Å². The van der Waals surface area contributed by atoms with Crippen molar-refractivity contribution in [2.75, 3.05) is 6.61 Å². The number of phenols is 1. The van der Waals surface area contributed by atoms with Crippen LogP contribution in [-0.2, 0) is 6.42 Å². The van der Waals surface area contributed by atoms with Crippen LogP contribution in [0.2, 0.25) is 5.02 Å². The molecule has 0 radical (unpaired) electrons. The lowest BCUT2D eigenvalue weighted by molar-refractivity contribution is 0.307. The number of hydrogen-bond acceptors (Lipinski definition) is 2. The third kappa shape index (κ3) is 4.43. The van der Waals surface area contributed by atoms with E-state index in [0.717, 1.165) is 35.0 Å². The van der Waals surface area contributed by atoms with Crippen LogP contribution in [0.25, 0.3) is 0 Å². The van der Waals surface area contributed by atoms with Gasteiger partial charge >= 0.3 is 0 Å². The molecule has 0 saturated heterocycles. The number of para-hydroxylation sites is 1. The van der Waals surface area contributed by atoms with Crippen LogP contribution in [0, 0.1) is 0 Å². The molecule has 0 fully saturated rings. The lowest BCUT2D eigenvalue weighted by atomic mass is 10.1. The molecule has 0 bridgehead atoms. The van der Waals surface area contributed by atoms with Crippen molar-refractivity contribution < 1.29 is 9.84 Å². The van der Waals surface area contributed by atoms with Gasteiger partial charge in [-0.1, -0.05) is 45.7 Å². The number of hydrogen-bond donors (Lipinski definition) is 1. The largest absolute Gasteiger partial charge is 0.508 e. The molecule has 0 atom stereocenters. The van der Waals surface area contributed by atoms with Gasteiger partial charge < -0.3 is 9.84 Å². The number of aryl methyl sites for hydroxylation is 1. The zero-order chi connectivity index (χ0) is 14.4. The molecule has 0 heterocycles. The van der Waals surface area contributed by atoms with E-state index in [-0.39, 0.29) is 0 Å². The summed E-state index contributed by atoms with van der Waals surface area (Å²) in [6, 6.07) is 13.1. The van der Waals surface area contributed by atoms with Crippen LogP contribution in [-0.4, -0.2) is 11.7 Å². The minimum atomic E-state index is 0.339. The van der Waals surface area contributed by atoms with Crippen molar-refractivity contribution in [1.82, 2.24) is 0 Å². The lowest BCUT2D eigenvalue weighted by Crippen LogP contribution is -1.98. The first-order valence-corrected chi connectivity index (χ1v) is 7.68. The fourth-order valence-electron chi connectivity index (χ4n) is 1.91. The Bertz CT molecular complexity index is 572. The molecule has 0 aromatic heterocycles. The molecule has 20 heavy (non-hydrogen) atoms. The molecule has 0 unspecified atom stereocenters. The monoisotopic (exact) mass is 354 g/mol. The van der Waals surface area contributed by atoms with Gasteiger partial charge in [0.05, 0.1) is 11.6 Å². The van der Waals surface area contributed by atoms with E-state index in [1.807, 2.05) is 36.4 Å². The van der Waals surface area contributed by atoms with Gasteiger partial charge in [0.15, 0.2) is 0 Å². The normalized spacial score (nSPS) is 10.5. The predicted octanol–water partition coefficient (Wildman–Crippen LogP) is 5.21. The smallest absolute Gasteiger partial charge is 0.137 e. The first-order valence-electron chi connectivity index (χ1n) is 6.51. The predicted molar refractivity (Wildman–Crippen MR) is 85.7 cm³/mol. The molecule has 0 aliphatic heterocycles. The Hall–Kier alpha value is -1.19. The Morgan fingerprint density at radius 1 is 1.10 bits per heavy atom. The molecule has 0 saturated carbocycles. The van der Waals surface area contributed by atoms with Crippen molar-refractivity contribution in [3.8, 4) is 11.5 Å². The van der Waals surface area contributed by atoms with Crippen molar-refractivity contribution in [3.63, 3.8) is 0 Å². The second kappa shape index (κ2) is 7.55. The summed E-state index contributed by atoms with van der Waals surface area (Å²) in [6.07, 6.45) is 2.71. The maximum absolute atomic E-state index is 9.78. The van der Waals surface area contributed by atoms with Crippen LogP contribution in [0.4, 0.5) is 0 Å². The second-order valence-electron chi connectivity index (χ2n) is 4.51. The summed E-state index contributed by atoms with van der Waals surface area (Å²) < 4.78 is 6.51. The number of ether oxygens (including phenoxy) is 1. The van der Waals surface area contributed by atoms with Gasteiger partial charge in [-0.2, -0.15) is 0 Å². The molecule has 2 aromatic rings. The highest BCUT2D eigenvalue weighted by Gasteiger charge is 2.03. The Kier molecular flexibility index (Phi) is 5.74. The highest BCUT2D eigenvalue weighted by atomic mass is 79.9.